The molecule has 0 saturated heterocycles. The molecule has 1 fully saturated rings. The van der Waals surface area contributed by atoms with E-state index in [1.807, 2.05) is 0 Å². The maximum Gasteiger partial charge on any atom is 0.351 e. The van der Waals surface area contributed by atoms with Crippen molar-refractivity contribution in [3.63, 3.8) is 0 Å². The van der Waals surface area contributed by atoms with Gasteiger partial charge in [-0.3, -0.25) is 14.5 Å². The van der Waals surface area contributed by atoms with E-state index in [1.165, 1.54) is 0 Å². The van der Waals surface area contributed by atoms with E-state index in [2.05, 4.69) is 17.2 Å². The Morgan fingerprint density at radius 3 is 2.74 bits per heavy atom. The Morgan fingerprint density at radius 2 is 2.00 bits per heavy atom. The molecule has 1 unspecified atom stereocenters. The standard InChI is InChI=1S/C17H21N3O3/c1-11-6-8-12(9-7-11)18-15(21)10-20-16(22)13-4-2-3-5-14(13)19-17(20)23/h2-5,11-13H,6-10H2,1H3,(H,18,21). The lowest BCUT2D eigenvalue weighted by Crippen LogP contribution is -2.51. The lowest BCUT2D eigenvalue weighted by Gasteiger charge is -2.30. The third-order valence-electron chi connectivity index (χ3n) is 4.67. The molecular formula is C17H21N3O3. The van der Waals surface area contributed by atoms with Crippen LogP contribution in [0.1, 0.15) is 32.6 Å². The van der Waals surface area contributed by atoms with Crippen LogP contribution >= 0.6 is 0 Å². The van der Waals surface area contributed by atoms with Gasteiger partial charge in [-0.15, -0.1) is 0 Å². The lowest BCUT2D eigenvalue weighted by molar-refractivity contribution is -0.134. The molecule has 6 nitrogen and oxygen atoms in total. The fraction of sp³-hybridized carbons (Fsp3) is 0.529. The molecule has 1 saturated carbocycles. The van der Waals surface area contributed by atoms with Gasteiger partial charge < -0.3 is 5.32 Å². The molecule has 0 spiro atoms. The van der Waals surface area contributed by atoms with E-state index in [9.17, 15) is 14.4 Å². The summed E-state index contributed by atoms with van der Waals surface area (Å²) in [6.45, 7) is 1.96. The van der Waals surface area contributed by atoms with Gasteiger partial charge in [-0.05, 0) is 37.7 Å². The van der Waals surface area contributed by atoms with E-state index >= 15 is 0 Å². The average molecular weight is 315 g/mol. The van der Waals surface area contributed by atoms with Gasteiger partial charge in [-0.2, -0.15) is 4.99 Å². The van der Waals surface area contributed by atoms with Crippen LogP contribution in [0.5, 0.6) is 0 Å². The molecule has 3 rings (SSSR count). The molecule has 122 valence electrons. The Labute approximate surface area is 135 Å². The van der Waals surface area contributed by atoms with Crippen LogP contribution in [0.4, 0.5) is 4.79 Å². The number of hydrogen-bond donors (Lipinski definition) is 1. The Balaban J connectivity index is 1.61. The van der Waals surface area contributed by atoms with E-state index in [-0.39, 0.29) is 24.4 Å². The fourth-order valence-electron chi connectivity index (χ4n) is 3.25. The Kier molecular flexibility index (Phi) is 4.41. The summed E-state index contributed by atoms with van der Waals surface area (Å²) in [5.74, 6) is -0.526. The van der Waals surface area contributed by atoms with Gasteiger partial charge in [0.05, 0.1) is 11.6 Å². The smallest absolute Gasteiger partial charge is 0.351 e. The number of carbonyl (C=O) groups excluding carboxylic acids is 3. The first-order chi connectivity index (χ1) is 11.0. The monoisotopic (exact) mass is 315 g/mol. The summed E-state index contributed by atoms with van der Waals surface area (Å²) in [6.07, 6.45) is 10.9. The van der Waals surface area contributed by atoms with Gasteiger partial charge >= 0.3 is 6.03 Å². The third-order valence-corrected chi connectivity index (χ3v) is 4.67. The molecule has 3 aliphatic rings. The molecule has 6 heteroatoms. The lowest BCUT2D eigenvalue weighted by atomic mass is 9.87. The third kappa shape index (κ3) is 3.41. The highest BCUT2D eigenvalue weighted by molar-refractivity contribution is 6.22. The van der Waals surface area contributed by atoms with Gasteiger partial charge in [0, 0.05) is 6.04 Å². The van der Waals surface area contributed by atoms with Crippen molar-refractivity contribution in [1.29, 1.82) is 0 Å². The van der Waals surface area contributed by atoms with Crippen molar-refractivity contribution < 1.29 is 14.4 Å². The number of amides is 4. The SMILES string of the molecule is CC1CCC(NC(=O)CN2C(=O)N=C3C=CC=CC3C2=O)CC1. The predicted octanol–water partition coefficient (Wildman–Crippen LogP) is 1.83. The Hall–Kier alpha value is -2.24. The molecule has 0 aromatic carbocycles. The van der Waals surface area contributed by atoms with Gasteiger partial charge in [0.2, 0.25) is 11.8 Å². The number of nitrogens with one attached hydrogen (secondary N) is 1. The molecule has 1 atom stereocenters. The first kappa shape index (κ1) is 15.6. The summed E-state index contributed by atoms with van der Waals surface area (Å²) in [5.41, 5.74) is 0.445. The van der Waals surface area contributed by atoms with Crippen LogP contribution < -0.4 is 5.32 Å². The highest BCUT2D eigenvalue weighted by atomic mass is 16.2. The molecule has 4 amide bonds. The highest BCUT2D eigenvalue weighted by Crippen LogP contribution is 2.23. The molecule has 0 radical (unpaired) electrons. The van der Waals surface area contributed by atoms with E-state index in [0.717, 1.165) is 30.6 Å². The molecule has 0 aromatic heterocycles. The summed E-state index contributed by atoms with van der Waals surface area (Å²) < 4.78 is 0. The number of aliphatic imine (C=N–C) groups is 1. The molecule has 0 aromatic rings. The maximum atomic E-state index is 12.4. The molecular weight excluding hydrogens is 294 g/mol. The minimum absolute atomic E-state index is 0.144. The summed E-state index contributed by atoms with van der Waals surface area (Å²) in [6, 6.07) is -0.515. The molecule has 0 bridgehead atoms. The van der Waals surface area contributed by atoms with E-state index in [4.69, 9.17) is 0 Å². The van der Waals surface area contributed by atoms with Crippen molar-refractivity contribution in [3.8, 4) is 0 Å². The number of allylic oxidation sites excluding steroid dienone is 3. The average Bonchev–Trinajstić information content (AvgIpc) is 2.54. The first-order valence-electron chi connectivity index (χ1n) is 8.12. The number of urea groups is 1. The van der Waals surface area contributed by atoms with Crippen LogP contribution in [0, 0.1) is 11.8 Å². The summed E-state index contributed by atoms with van der Waals surface area (Å²) >= 11 is 0. The second kappa shape index (κ2) is 6.48. The molecule has 23 heavy (non-hydrogen) atoms. The van der Waals surface area contributed by atoms with Crippen molar-refractivity contribution in [2.24, 2.45) is 16.8 Å². The summed E-state index contributed by atoms with van der Waals surface area (Å²) in [5, 5.41) is 2.93. The molecule has 1 heterocycles. The zero-order valence-corrected chi connectivity index (χ0v) is 13.2. The van der Waals surface area contributed by atoms with Gasteiger partial charge in [0.25, 0.3) is 0 Å². The van der Waals surface area contributed by atoms with Crippen molar-refractivity contribution >= 4 is 23.6 Å². The minimum Gasteiger partial charge on any atom is -0.352 e. The van der Waals surface area contributed by atoms with E-state index < -0.39 is 11.9 Å². The van der Waals surface area contributed by atoms with Crippen LogP contribution in [-0.4, -0.2) is 41.0 Å². The number of nitrogens with zero attached hydrogens (tertiary/aromatic N) is 2. The normalized spacial score (nSPS) is 30.0. The quantitative estimate of drug-likeness (QED) is 0.863. The van der Waals surface area contributed by atoms with Crippen LogP contribution in [0.2, 0.25) is 0 Å². The Bertz CT molecular complexity index is 613. The first-order valence-corrected chi connectivity index (χ1v) is 8.12. The molecule has 2 aliphatic carbocycles. The summed E-state index contributed by atoms with van der Waals surface area (Å²) in [7, 11) is 0. The van der Waals surface area contributed by atoms with Crippen molar-refractivity contribution in [2.45, 2.75) is 38.6 Å². The molecule has 1 aliphatic heterocycles. The van der Waals surface area contributed by atoms with Crippen molar-refractivity contribution in [2.75, 3.05) is 6.54 Å². The zero-order chi connectivity index (χ0) is 16.4. The zero-order valence-electron chi connectivity index (χ0n) is 13.2. The van der Waals surface area contributed by atoms with Gasteiger partial charge in [0.15, 0.2) is 0 Å². The number of fused-ring (bicyclic) bond motifs is 1. The predicted molar refractivity (Wildman–Crippen MR) is 85.9 cm³/mol. The largest absolute Gasteiger partial charge is 0.352 e. The number of hydrogen-bond acceptors (Lipinski definition) is 3. The number of imide groups is 1. The topological polar surface area (TPSA) is 78.8 Å². The van der Waals surface area contributed by atoms with E-state index in [1.54, 1.807) is 24.3 Å². The van der Waals surface area contributed by atoms with Crippen LogP contribution in [0.3, 0.4) is 0 Å². The van der Waals surface area contributed by atoms with Gasteiger partial charge in [-0.25, -0.2) is 4.79 Å². The van der Waals surface area contributed by atoms with E-state index in [0.29, 0.717) is 11.6 Å². The van der Waals surface area contributed by atoms with Gasteiger partial charge in [0.1, 0.15) is 6.54 Å². The maximum absolute atomic E-state index is 12.4. The second-order valence-corrected chi connectivity index (χ2v) is 6.49. The highest BCUT2D eigenvalue weighted by Gasteiger charge is 2.36. The van der Waals surface area contributed by atoms with Crippen molar-refractivity contribution in [3.05, 3.63) is 24.3 Å². The van der Waals surface area contributed by atoms with Gasteiger partial charge in [-0.1, -0.05) is 25.2 Å². The second-order valence-electron chi connectivity index (χ2n) is 6.49. The number of rotatable bonds is 3. The van der Waals surface area contributed by atoms with Crippen LogP contribution in [0.25, 0.3) is 0 Å². The fourth-order valence-corrected chi connectivity index (χ4v) is 3.25. The molecule has 1 N–H and O–H groups in total. The van der Waals surface area contributed by atoms with Crippen molar-refractivity contribution in [1.82, 2.24) is 10.2 Å². The Morgan fingerprint density at radius 1 is 1.26 bits per heavy atom. The van der Waals surface area contributed by atoms with Crippen LogP contribution in [-0.2, 0) is 9.59 Å². The summed E-state index contributed by atoms with van der Waals surface area (Å²) in [4.78, 5) is 41.4. The number of carbonyl (C=O) groups is 3. The van der Waals surface area contributed by atoms with Crippen LogP contribution in [0.15, 0.2) is 29.3 Å². The minimum atomic E-state index is -0.659.